The third-order valence-corrected chi connectivity index (χ3v) is 7.53. The van der Waals surface area contributed by atoms with Gasteiger partial charge in [-0.2, -0.15) is 0 Å². The quantitative estimate of drug-likeness (QED) is 0.827. The van der Waals surface area contributed by atoms with E-state index >= 15 is 0 Å². The van der Waals surface area contributed by atoms with Gasteiger partial charge in [-0.3, -0.25) is 4.90 Å². The fraction of sp³-hybridized carbons (Fsp3) is 0.636. The third kappa shape index (κ3) is 2.32. The van der Waals surface area contributed by atoms with Crippen LogP contribution in [0.4, 0.5) is 0 Å². The first kappa shape index (κ1) is 17.7. The Labute approximate surface area is 160 Å². The van der Waals surface area contributed by atoms with E-state index in [4.69, 9.17) is 14.2 Å². The zero-order valence-corrected chi connectivity index (χ0v) is 16.1. The molecule has 27 heavy (non-hydrogen) atoms. The molecule has 1 N–H and O–H groups in total. The minimum atomic E-state index is -0.784. The molecule has 3 atom stereocenters. The van der Waals surface area contributed by atoms with Crippen LogP contribution >= 0.6 is 0 Å². The average Bonchev–Trinajstić information content (AvgIpc) is 3.12. The minimum absolute atomic E-state index is 0.101. The van der Waals surface area contributed by atoms with Crippen LogP contribution in [-0.2, 0) is 21.3 Å². The Kier molecular flexibility index (Phi) is 3.96. The second-order valence-electron chi connectivity index (χ2n) is 8.57. The van der Waals surface area contributed by atoms with E-state index in [1.54, 1.807) is 7.11 Å². The van der Waals surface area contributed by atoms with Crippen molar-refractivity contribution in [2.24, 2.45) is 0 Å². The minimum Gasteiger partial charge on any atom is -0.497 e. The average molecular weight is 371 g/mol. The van der Waals surface area contributed by atoms with Crippen molar-refractivity contribution in [2.75, 3.05) is 33.4 Å². The van der Waals surface area contributed by atoms with E-state index in [9.17, 15) is 5.11 Å². The van der Waals surface area contributed by atoms with E-state index in [-0.39, 0.29) is 11.5 Å². The Morgan fingerprint density at radius 2 is 2.11 bits per heavy atom. The highest BCUT2D eigenvalue weighted by Gasteiger charge is 2.68. The van der Waals surface area contributed by atoms with Gasteiger partial charge in [-0.25, -0.2) is 0 Å². The van der Waals surface area contributed by atoms with Crippen molar-refractivity contribution in [3.05, 3.63) is 42.0 Å². The zero-order valence-electron chi connectivity index (χ0n) is 16.1. The van der Waals surface area contributed by atoms with Crippen LogP contribution in [0.2, 0.25) is 0 Å². The van der Waals surface area contributed by atoms with Gasteiger partial charge in [0.15, 0.2) is 5.79 Å². The lowest BCUT2D eigenvalue weighted by molar-refractivity contribution is -0.258. The summed E-state index contributed by atoms with van der Waals surface area (Å²) in [5, 5.41) is 12.2. The number of aliphatic hydroxyl groups is 1. The Hall–Kier alpha value is -1.40. The molecular weight excluding hydrogens is 342 g/mol. The van der Waals surface area contributed by atoms with Crippen LogP contribution in [0, 0.1) is 0 Å². The molecule has 5 rings (SSSR count). The van der Waals surface area contributed by atoms with Gasteiger partial charge in [0.2, 0.25) is 0 Å². The zero-order chi connectivity index (χ0) is 18.7. The van der Waals surface area contributed by atoms with E-state index < -0.39 is 11.4 Å². The van der Waals surface area contributed by atoms with E-state index in [1.807, 2.05) is 12.1 Å². The molecule has 4 aliphatic rings. The number of methoxy groups -OCH3 is 1. The highest BCUT2D eigenvalue weighted by Crippen LogP contribution is 2.61. The van der Waals surface area contributed by atoms with E-state index in [0.717, 1.165) is 44.5 Å². The van der Waals surface area contributed by atoms with E-state index in [1.165, 1.54) is 11.1 Å². The predicted octanol–water partition coefficient (Wildman–Crippen LogP) is 2.41. The molecule has 2 saturated heterocycles. The smallest absolute Gasteiger partial charge is 0.169 e. The number of piperidine rings is 1. The molecule has 2 aliphatic heterocycles. The Balaban J connectivity index is 1.67. The van der Waals surface area contributed by atoms with Crippen LogP contribution in [0.15, 0.2) is 30.9 Å². The molecule has 1 saturated carbocycles. The summed E-state index contributed by atoms with van der Waals surface area (Å²) in [6.45, 7) is 6.98. The maximum Gasteiger partial charge on any atom is 0.169 e. The number of benzene rings is 1. The van der Waals surface area contributed by atoms with Crippen LogP contribution in [0.1, 0.15) is 36.8 Å². The summed E-state index contributed by atoms with van der Waals surface area (Å²) in [6, 6.07) is 6.46. The van der Waals surface area contributed by atoms with Gasteiger partial charge in [0, 0.05) is 30.8 Å². The van der Waals surface area contributed by atoms with Crippen molar-refractivity contribution in [1.29, 1.82) is 0 Å². The normalized spacial score (nSPS) is 36.9. The standard InChI is InChI=1S/C22H29NO4/c1-3-9-23-10-8-20-15-21(26-11-12-27-21)6-7-22(20,24)19(23)13-16-4-5-17(25-2)14-18(16)20/h3-5,14,19,24H,1,6-13,15H2,2H3. The van der Waals surface area contributed by atoms with Crippen molar-refractivity contribution >= 4 is 0 Å². The summed E-state index contributed by atoms with van der Waals surface area (Å²) < 4.78 is 17.8. The molecule has 1 aromatic rings. The van der Waals surface area contributed by atoms with Crippen molar-refractivity contribution in [3.63, 3.8) is 0 Å². The van der Waals surface area contributed by atoms with Gasteiger partial charge in [0.25, 0.3) is 0 Å². The molecule has 0 radical (unpaired) electrons. The molecule has 1 aromatic carbocycles. The summed E-state index contributed by atoms with van der Waals surface area (Å²) in [7, 11) is 1.70. The summed E-state index contributed by atoms with van der Waals surface area (Å²) in [5.41, 5.74) is 1.40. The molecule has 3 unspecified atom stereocenters. The number of rotatable bonds is 3. The number of hydrogen-bond acceptors (Lipinski definition) is 5. The molecule has 0 aromatic heterocycles. The van der Waals surface area contributed by atoms with Gasteiger partial charge in [-0.1, -0.05) is 12.1 Å². The van der Waals surface area contributed by atoms with Gasteiger partial charge in [0.05, 0.1) is 25.9 Å². The van der Waals surface area contributed by atoms with Gasteiger partial charge >= 0.3 is 0 Å². The number of hydrogen-bond donors (Lipinski definition) is 1. The van der Waals surface area contributed by atoms with E-state index in [0.29, 0.717) is 19.6 Å². The molecular formula is C22H29NO4. The first-order chi connectivity index (χ1) is 13.1. The maximum absolute atomic E-state index is 12.2. The van der Waals surface area contributed by atoms with Gasteiger partial charge in [0.1, 0.15) is 5.75 Å². The predicted molar refractivity (Wildman–Crippen MR) is 102 cm³/mol. The topological polar surface area (TPSA) is 51.2 Å². The lowest BCUT2D eigenvalue weighted by Gasteiger charge is -2.65. The molecule has 3 fully saturated rings. The number of likely N-dealkylation sites (tertiary alicyclic amines) is 1. The first-order valence-electron chi connectivity index (χ1n) is 10.1. The van der Waals surface area contributed by atoms with Gasteiger partial charge in [-0.05, 0) is 49.1 Å². The molecule has 2 aliphatic carbocycles. The van der Waals surface area contributed by atoms with Crippen molar-refractivity contribution < 1.29 is 19.3 Å². The summed E-state index contributed by atoms with van der Waals surface area (Å²) in [5.74, 6) is 0.306. The number of fused-ring (bicyclic) bond motifs is 1. The maximum atomic E-state index is 12.2. The molecule has 2 bridgehead atoms. The molecule has 0 amide bonds. The van der Waals surface area contributed by atoms with Crippen LogP contribution in [0.5, 0.6) is 5.75 Å². The molecule has 1 spiro atoms. The van der Waals surface area contributed by atoms with Crippen LogP contribution < -0.4 is 4.74 Å². The van der Waals surface area contributed by atoms with Gasteiger partial charge in [-0.15, -0.1) is 6.58 Å². The van der Waals surface area contributed by atoms with Crippen LogP contribution in [0.3, 0.4) is 0 Å². The molecule has 5 heteroatoms. The highest BCUT2D eigenvalue weighted by atomic mass is 16.7. The van der Waals surface area contributed by atoms with Gasteiger partial charge < -0.3 is 19.3 Å². The number of nitrogens with zero attached hydrogens (tertiary/aromatic N) is 1. The SMILES string of the molecule is C=CCN1CCC23CC4(CCC2(O)C1Cc1ccc(OC)cc13)OCCO4. The Morgan fingerprint density at radius 3 is 2.85 bits per heavy atom. The fourth-order valence-electron chi connectivity index (χ4n) is 6.31. The first-order valence-corrected chi connectivity index (χ1v) is 10.1. The molecule has 5 nitrogen and oxygen atoms in total. The molecule has 2 heterocycles. The fourth-order valence-corrected chi connectivity index (χ4v) is 6.31. The lowest BCUT2D eigenvalue weighted by Crippen LogP contribution is -2.74. The van der Waals surface area contributed by atoms with Crippen molar-refractivity contribution in [3.8, 4) is 5.75 Å². The third-order valence-electron chi connectivity index (χ3n) is 7.53. The van der Waals surface area contributed by atoms with E-state index in [2.05, 4.69) is 23.6 Å². The molecule has 146 valence electrons. The van der Waals surface area contributed by atoms with Crippen molar-refractivity contribution in [2.45, 2.75) is 54.9 Å². The second kappa shape index (κ2) is 6.05. The Bertz CT molecular complexity index is 759. The van der Waals surface area contributed by atoms with Crippen molar-refractivity contribution in [1.82, 2.24) is 4.90 Å². The number of ether oxygens (including phenoxy) is 3. The second-order valence-corrected chi connectivity index (χ2v) is 8.57. The summed E-state index contributed by atoms with van der Waals surface area (Å²) in [4.78, 5) is 2.41. The Morgan fingerprint density at radius 1 is 1.30 bits per heavy atom. The monoisotopic (exact) mass is 371 g/mol. The van der Waals surface area contributed by atoms with Crippen LogP contribution in [-0.4, -0.2) is 60.8 Å². The largest absolute Gasteiger partial charge is 0.497 e. The lowest BCUT2D eigenvalue weighted by atomic mass is 9.48. The highest BCUT2D eigenvalue weighted by molar-refractivity contribution is 5.49. The van der Waals surface area contributed by atoms with Crippen LogP contribution in [0.25, 0.3) is 0 Å². The summed E-state index contributed by atoms with van der Waals surface area (Å²) in [6.07, 6.45) is 5.87. The summed E-state index contributed by atoms with van der Waals surface area (Å²) >= 11 is 0.